The van der Waals surface area contributed by atoms with E-state index in [9.17, 15) is 10.1 Å². The van der Waals surface area contributed by atoms with E-state index in [0.29, 0.717) is 13.1 Å². The minimum Gasteiger partial charge on any atom is -0.378 e. The van der Waals surface area contributed by atoms with Crippen LogP contribution in [0.5, 0.6) is 0 Å². The first-order valence-electron chi connectivity index (χ1n) is 10.6. The Morgan fingerprint density at radius 1 is 1.03 bits per heavy atom. The number of aryl methyl sites for hydroxylation is 2. The Morgan fingerprint density at radius 2 is 1.75 bits per heavy atom. The van der Waals surface area contributed by atoms with E-state index >= 15 is 0 Å². The summed E-state index contributed by atoms with van der Waals surface area (Å²) in [6, 6.07) is 16.2. The number of aromatic nitrogens is 2. The van der Waals surface area contributed by atoms with Crippen LogP contribution in [0.1, 0.15) is 16.7 Å². The molecule has 0 bridgehead atoms. The largest absolute Gasteiger partial charge is 0.378 e. The van der Waals surface area contributed by atoms with Crippen LogP contribution in [0, 0.1) is 24.0 Å². The first kappa shape index (κ1) is 21.5. The van der Waals surface area contributed by atoms with Crippen LogP contribution in [0.4, 0.5) is 29.0 Å². The smallest absolute Gasteiger partial charge is 0.353 e. The lowest BCUT2D eigenvalue weighted by Crippen LogP contribution is -2.46. The van der Waals surface area contributed by atoms with Crippen LogP contribution in [0.3, 0.4) is 0 Å². The maximum Gasteiger partial charge on any atom is 0.353 e. The number of nitro groups is 1. The van der Waals surface area contributed by atoms with Crippen LogP contribution >= 0.6 is 0 Å². The molecule has 1 aromatic heterocycles. The zero-order chi connectivity index (χ0) is 22.7. The maximum absolute atomic E-state index is 11.7. The summed E-state index contributed by atoms with van der Waals surface area (Å²) in [7, 11) is 0. The molecule has 9 heteroatoms. The third-order valence-corrected chi connectivity index (χ3v) is 5.76. The normalized spacial score (nSPS) is 14.4. The lowest BCUT2D eigenvalue weighted by atomic mass is 10.1. The monoisotopic (exact) mass is 433 g/mol. The quantitative estimate of drug-likeness (QED) is 0.447. The van der Waals surface area contributed by atoms with Gasteiger partial charge in [0.05, 0.1) is 4.92 Å². The zero-order valence-corrected chi connectivity index (χ0v) is 18.3. The van der Waals surface area contributed by atoms with Gasteiger partial charge in [-0.1, -0.05) is 36.4 Å². The second kappa shape index (κ2) is 9.19. The van der Waals surface area contributed by atoms with Gasteiger partial charge in [0.25, 0.3) is 0 Å². The Labute approximate surface area is 187 Å². The number of anilines is 4. The molecule has 0 spiro atoms. The lowest BCUT2D eigenvalue weighted by Gasteiger charge is -2.35. The third-order valence-electron chi connectivity index (χ3n) is 5.76. The SMILES string of the molecule is Cc1ccc(Nc2nc(N)c([N+](=O)[O-])c(N3CCN(Cc4ccccc4)CC3)n2)cc1C. The molecular formula is C23H27N7O2. The summed E-state index contributed by atoms with van der Waals surface area (Å²) in [4.78, 5) is 24.1. The van der Waals surface area contributed by atoms with Gasteiger partial charge in [0.15, 0.2) is 0 Å². The van der Waals surface area contributed by atoms with E-state index in [1.807, 2.05) is 55.1 Å². The van der Waals surface area contributed by atoms with Crippen LogP contribution < -0.4 is 16.0 Å². The van der Waals surface area contributed by atoms with Gasteiger partial charge in [0.2, 0.25) is 17.6 Å². The highest BCUT2D eigenvalue weighted by atomic mass is 16.6. The van der Waals surface area contributed by atoms with Crippen molar-refractivity contribution in [2.45, 2.75) is 20.4 Å². The van der Waals surface area contributed by atoms with Crippen LogP contribution in [-0.2, 0) is 6.54 Å². The molecule has 0 aliphatic carbocycles. The summed E-state index contributed by atoms with van der Waals surface area (Å²) in [5.74, 6) is 0.365. The van der Waals surface area contributed by atoms with Crippen molar-refractivity contribution in [3.8, 4) is 0 Å². The molecule has 3 aromatic rings. The second-order valence-corrected chi connectivity index (χ2v) is 8.03. The van der Waals surface area contributed by atoms with Gasteiger partial charge in [-0.2, -0.15) is 9.97 Å². The molecule has 166 valence electrons. The number of benzene rings is 2. The molecule has 0 amide bonds. The molecule has 1 aliphatic rings. The Balaban J connectivity index is 1.54. The van der Waals surface area contributed by atoms with E-state index in [1.165, 1.54) is 11.1 Å². The minimum atomic E-state index is -0.499. The zero-order valence-electron chi connectivity index (χ0n) is 18.3. The van der Waals surface area contributed by atoms with Crippen molar-refractivity contribution in [2.24, 2.45) is 0 Å². The van der Waals surface area contributed by atoms with E-state index in [0.717, 1.165) is 30.9 Å². The molecule has 9 nitrogen and oxygen atoms in total. The summed E-state index contributed by atoms with van der Waals surface area (Å²) < 4.78 is 0. The predicted molar refractivity (Wildman–Crippen MR) is 126 cm³/mol. The summed E-state index contributed by atoms with van der Waals surface area (Å²) in [5.41, 5.74) is 10.1. The maximum atomic E-state index is 11.7. The van der Waals surface area contributed by atoms with Crippen LogP contribution in [0.25, 0.3) is 0 Å². The van der Waals surface area contributed by atoms with Crippen molar-refractivity contribution in [1.82, 2.24) is 14.9 Å². The fourth-order valence-electron chi connectivity index (χ4n) is 3.82. The summed E-state index contributed by atoms with van der Waals surface area (Å²) in [5, 5.41) is 14.9. The number of hydrogen-bond donors (Lipinski definition) is 2. The van der Waals surface area contributed by atoms with E-state index in [4.69, 9.17) is 5.73 Å². The van der Waals surface area contributed by atoms with E-state index in [-0.39, 0.29) is 23.3 Å². The summed E-state index contributed by atoms with van der Waals surface area (Å²) in [6.45, 7) is 7.69. The standard InChI is InChI=1S/C23H27N7O2/c1-16-8-9-19(14-17(16)2)25-23-26-21(24)20(30(31)32)22(27-23)29-12-10-28(11-13-29)15-18-6-4-3-5-7-18/h3-9,14H,10-13,15H2,1-2H3,(H3,24,25,26,27). The second-order valence-electron chi connectivity index (χ2n) is 8.03. The van der Waals surface area contributed by atoms with Crippen molar-refractivity contribution in [3.05, 3.63) is 75.3 Å². The Kier molecular flexibility index (Phi) is 6.18. The number of nitrogens with zero attached hydrogens (tertiary/aromatic N) is 5. The molecule has 2 heterocycles. The van der Waals surface area contributed by atoms with Crippen molar-refractivity contribution >= 4 is 29.0 Å². The van der Waals surface area contributed by atoms with Gasteiger partial charge < -0.3 is 16.0 Å². The van der Waals surface area contributed by atoms with Crippen LogP contribution in [-0.4, -0.2) is 46.0 Å². The highest BCUT2D eigenvalue weighted by Crippen LogP contribution is 2.33. The Hall–Kier alpha value is -3.72. The number of nitrogen functional groups attached to an aromatic ring is 1. The number of nitrogens with one attached hydrogen (secondary N) is 1. The fourth-order valence-corrected chi connectivity index (χ4v) is 3.82. The summed E-state index contributed by atoms with van der Waals surface area (Å²) in [6.07, 6.45) is 0. The predicted octanol–water partition coefficient (Wildman–Crippen LogP) is 3.65. The molecule has 0 saturated carbocycles. The van der Waals surface area contributed by atoms with Gasteiger partial charge in [0.1, 0.15) is 0 Å². The topological polar surface area (TPSA) is 113 Å². The molecule has 32 heavy (non-hydrogen) atoms. The molecule has 0 radical (unpaired) electrons. The number of nitrogens with two attached hydrogens (primary N) is 1. The average molecular weight is 434 g/mol. The first-order chi connectivity index (χ1) is 15.4. The highest BCUT2D eigenvalue weighted by molar-refractivity contribution is 5.72. The van der Waals surface area contributed by atoms with E-state index < -0.39 is 4.92 Å². The van der Waals surface area contributed by atoms with Gasteiger partial charge in [-0.05, 0) is 42.7 Å². The third kappa shape index (κ3) is 4.78. The summed E-state index contributed by atoms with van der Waals surface area (Å²) >= 11 is 0. The van der Waals surface area contributed by atoms with Gasteiger partial charge in [-0.3, -0.25) is 15.0 Å². The molecule has 0 atom stereocenters. The van der Waals surface area contributed by atoms with Crippen molar-refractivity contribution in [1.29, 1.82) is 0 Å². The van der Waals surface area contributed by atoms with Crippen molar-refractivity contribution < 1.29 is 4.92 Å². The Bertz CT molecular complexity index is 1110. The molecule has 1 saturated heterocycles. The molecule has 0 unspecified atom stereocenters. The molecule has 1 fully saturated rings. The van der Waals surface area contributed by atoms with Crippen LogP contribution in [0.2, 0.25) is 0 Å². The fraction of sp³-hybridized carbons (Fsp3) is 0.304. The molecule has 2 aromatic carbocycles. The number of hydrogen-bond acceptors (Lipinski definition) is 8. The van der Waals surface area contributed by atoms with Gasteiger partial charge >= 0.3 is 5.69 Å². The number of rotatable bonds is 6. The average Bonchev–Trinajstić information content (AvgIpc) is 2.77. The molecular weight excluding hydrogens is 406 g/mol. The Morgan fingerprint density at radius 3 is 2.41 bits per heavy atom. The minimum absolute atomic E-state index is 0.141. The molecule has 1 aliphatic heterocycles. The van der Waals surface area contributed by atoms with Crippen molar-refractivity contribution in [2.75, 3.05) is 42.1 Å². The van der Waals surface area contributed by atoms with Gasteiger partial charge in [0, 0.05) is 38.4 Å². The first-order valence-corrected chi connectivity index (χ1v) is 10.6. The highest BCUT2D eigenvalue weighted by Gasteiger charge is 2.29. The van der Waals surface area contributed by atoms with Gasteiger partial charge in [-0.25, -0.2) is 0 Å². The van der Waals surface area contributed by atoms with E-state index in [2.05, 4.69) is 32.3 Å². The molecule has 4 rings (SSSR count). The van der Waals surface area contributed by atoms with E-state index in [1.54, 1.807) is 0 Å². The number of piperazine rings is 1. The molecule has 3 N–H and O–H groups in total. The van der Waals surface area contributed by atoms with Crippen LogP contribution in [0.15, 0.2) is 48.5 Å². The van der Waals surface area contributed by atoms with Gasteiger partial charge in [-0.15, -0.1) is 0 Å². The van der Waals surface area contributed by atoms with Crippen molar-refractivity contribution in [3.63, 3.8) is 0 Å². The lowest BCUT2D eigenvalue weighted by molar-refractivity contribution is -0.383.